The molecule has 0 fully saturated rings. The molecule has 0 aliphatic carbocycles. The Labute approximate surface area is 118 Å². The smallest absolute Gasteiger partial charge is 0.160 e. The second kappa shape index (κ2) is 4.89. The number of nitrogens with zero attached hydrogens (tertiary/aromatic N) is 1. The summed E-state index contributed by atoms with van der Waals surface area (Å²) in [5.74, 6) is 0.0656. The third-order valence-electron chi connectivity index (χ3n) is 3.55. The molecule has 0 aliphatic heterocycles. The molecule has 0 aliphatic rings. The first kappa shape index (κ1) is 12.5. The van der Waals surface area contributed by atoms with E-state index in [2.05, 4.69) is 11.1 Å². The van der Waals surface area contributed by atoms with Gasteiger partial charge >= 0.3 is 0 Å². The molecule has 3 rings (SSSR count). The summed E-state index contributed by atoms with van der Waals surface area (Å²) < 4.78 is 0. The van der Waals surface area contributed by atoms with Crippen molar-refractivity contribution < 1.29 is 4.79 Å². The van der Waals surface area contributed by atoms with E-state index < -0.39 is 0 Å². The molecule has 0 radical (unpaired) electrons. The van der Waals surface area contributed by atoms with Crippen molar-refractivity contribution in [1.29, 1.82) is 0 Å². The summed E-state index contributed by atoms with van der Waals surface area (Å²) in [6.45, 7) is 3.62. The summed E-state index contributed by atoms with van der Waals surface area (Å²) in [5, 5.41) is 2.19. The fourth-order valence-electron chi connectivity index (χ4n) is 2.57. The molecular weight excluding hydrogens is 246 g/mol. The maximum absolute atomic E-state index is 12.0. The number of carbonyl (C=O) groups is 1. The van der Waals surface area contributed by atoms with Crippen LogP contribution in [-0.4, -0.2) is 10.8 Å². The van der Waals surface area contributed by atoms with Crippen LogP contribution in [0.25, 0.3) is 22.0 Å². The van der Waals surface area contributed by atoms with E-state index >= 15 is 0 Å². The number of rotatable bonds is 2. The number of pyridine rings is 1. The number of benzene rings is 2. The van der Waals surface area contributed by atoms with Crippen molar-refractivity contribution in [3.05, 3.63) is 65.9 Å². The molecular formula is C18H15NO. The molecule has 0 saturated heterocycles. The first-order chi connectivity index (χ1) is 9.68. The fraction of sp³-hybridized carbons (Fsp3) is 0.111. The molecule has 0 amide bonds. The molecule has 0 spiro atoms. The predicted octanol–water partition coefficient (Wildman–Crippen LogP) is 4.41. The van der Waals surface area contributed by atoms with Gasteiger partial charge in [0.1, 0.15) is 0 Å². The average Bonchev–Trinajstić information content (AvgIpc) is 2.46. The summed E-state index contributed by atoms with van der Waals surface area (Å²) in [6.07, 6.45) is 1.77. The summed E-state index contributed by atoms with van der Waals surface area (Å²) >= 11 is 0. The molecule has 1 aromatic heterocycles. The third kappa shape index (κ3) is 1.99. The summed E-state index contributed by atoms with van der Waals surface area (Å²) in [4.78, 5) is 16.5. The Bertz CT molecular complexity index is 805. The van der Waals surface area contributed by atoms with Gasteiger partial charge in [0.15, 0.2) is 5.78 Å². The average molecular weight is 261 g/mol. The van der Waals surface area contributed by atoms with Gasteiger partial charge in [-0.3, -0.25) is 9.78 Å². The topological polar surface area (TPSA) is 30.0 Å². The molecule has 98 valence electrons. The highest BCUT2D eigenvalue weighted by Gasteiger charge is 2.15. The number of aryl methyl sites for hydroxylation is 1. The van der Waals surface area contributed by atoms with Gasteiger partial charge in [0, 0.05) is 17.3 Å². The number of hydrogen-bond donors (Lipinski definition) is 0. The van der Waals surface area contributed by atoms with Gasteiger partial charge < -0.3 is 0 Å². The summed E-state index contributed by atoms with van der Waals surface area (Å²) in [6, 6.07) is 15.9. The Kier molecular flexibility index (Phi) is 3.07. The zero-order valence-corrected chi connectivity index (χ0v) is 11.6. The summed E-state index contributed by atoms with van der Waals surface area (Å²) in [5.41, 5.74) is 3.63. The van der Waals surface area contributed by atoms with E-state index in [1.165, 1.54) is 0 Å². The second-order valence-electron chi connectivity index (χ2n) is 4.93. The molecule has 1 heterocycles. The van der Waals surface area contributed by atoms with Crippen molar-refractivity contribution in [3.8, 4) is 11.3 Å². The van der Waals surface area contributed by atoms with Gasteiger partial charge in [-0.05, 0) is 36.2 Å². The van der Waals surface area contributed by atoms with Crippen molar-refractivity contribution in [1.82, 2.24) is 4.98 Å². The van der Waals surface area contributed by atoms with E-state index in [0.717, 1.165) is 33.2 Å². The largest absolute Gasteiger partial charge is 0.294 e. The number of fused-ring (bicyclic) bond motifs is 1. The van der Waals surface area contributed by atoms with Crippen LogP contribution >= 0.6 is 0 Å². The minimum absolute atomic E-state index is 0.0656. The van der Waals surface area contributed by atoms with Crippen LogP contribution in [0.3, 0.4) is 0 Å². The Hall–Kier alpha value is -2.48. The van der Waals surface area contributed by atoms with Crippen LogP contribution in [0.15, 0.2) is 54.7 Å². The lowest BCUT2D eigenvalue weighted by Crippen LogP contribution is -1.99. The molecule has 0 bridgehead atoms. The Morgan fingerprint density at radius 3 is 2.55 bits per heavy atom. The van der Waals surface area contributed by atoms with Crippen molar-refractivity contribution in [3.63, 3.8) is 0 Å². The van der Waals surface area contributed by atoms with Crippen molar-refractivity contribution in [2.24, 2.45) is 0 Å². The van der Waals surface area contributed by atoms with Gasteiger partial charge in [-0.25, -0.2) is 0 Å². The highest BCUT2D eigenvalue weighted by molar-refractivity contribution is 6.09. The lowest BCUT2D eigenvalue weighted by atomic mass is 9.92. The molecule has 2 nitrogen and oxygen atoms in total. The van der Waals surface area contributed by atoms with Gasteiger partial charge in [-0.2, -0.15) is 0 Å². The van der Waals surface area contributed by atoms with Crippen LogP contribution in [0.1, 0.15) is 22.8 Å². The van der Waals surface area contributed by atoms with E-state index in [1.807, 2.05) is 49.4 Å². The Morgan fingerprint density at radius 1 is 1.00 bits per heavy atom. The fourth-order valence-corrected chi connectivity index (χ4v) is 2.57. The molecule has 2 aromatic carbocycles. The Morgan fingerprint density at radius 2 is 1.80 bits per heavy atom. The van der Waals surface area contributed by atoms with E-state index in [-0.39, 0.29) is 5.78 Å². The van der Waals surface area contributed by atoms with Crippen LogP contribution in [0.4, 0.5) is 0 Å². The second-order valence-corrected chi connectivity index (χ2v) is 4.93. The number of hydrogen-bond acceptors (Lipinski definition) is 2. The van der Waals surface area contributed by atoms with Crippen LogP contribution in [0.2, 0.25) is 0 Å². The van der Waals surface area contributed by atoms with Gasteiger partial charge in [0.25, 0.3) is 0 Å². The molecule has 0 unspecified atom stereocenters. The van der Waals surface area contributed by atoms with E-state index in [4.69, 9.17) is 0 Å². The van der Waals surface area contributed by atoms with E-state index in [9.17, 15) is 4.79 Å². The maximum Gasteiger partial charge on any atom is 0.160 e. The number of carbonyl (C=O) groups excluding carboxylic acids is 1. The minimum atomic E-state index is 0.0656. The van der Waals surface area contributed by atoms with E-state index in [0.29, 0.717) is 0 Å². The number of aromatic nitrogens is 1. The first-order valence-corrected chi connectivity index (χ1v) is 6.63. The molecule has 3 aromatic rings. The predicted molar refractivity (Wildman–Crippen MR) is 81.9 cm³/mol. The van der Waals surface area contributed by atoms with E-state index in [1.54, 1.807) is 13.1 Å². The maximum atomic E-state index is 12.0. The molecule has 2 heteroatoms. The SMILES string of the molecule is CC(=O)c1ccc2ccccc2c1-c1ncccc1C. The van der Waals surface area contributed by atoms with Crippen LogP contribution in [0, 0.1) is 6.92 Å². The third-order valence-corrected chi connectivity index (χ3v) is 3.55. The Balaban J connectivity index is 2.45. The zero-order valence-electron chi connectivity index (χ0n) is 11.6. The monoisotopic (exact) mass is 261 g/mol. The number of ketones is 1. The minimum Gasteiger partial charge on any atom is -0.294 e. The van der Waals surface area contributed by atoms with Gasteiger partial charge in [0.05, 0.1) is 5.69 Å². The molecule has 0 atom stereocenters. The lowest BCUT2D eigenvalue weighted by Gasteiger charge is -2.12. The van der Waals surface area contributed by atoms with Crippen LogP contribution < -0.4 is 0 Å². The van der Waals surface area contributed by atoms with Gasteiger partial charge in [-0.1, -0.05) is 42.5 Å². The lowest BCUT2D eigenvalue weighted by molar-refractivity contribution is 0.101. The quantitative estimate of drug-likeness (QED) is 0.639. The summed E-state index contributed by atoms with van der Waals surface area (Å²) in [7, 11) is 0. The highest BCUT2D eigenvalue weighted by Crippen LogP contribution is 2.32. The normalized spacial score (nSPS) is 10.7. The van der Waals surface area contributed by atoms with Crippen LogP contribution in [0.5, 0.6) is 0 Å². The standard InChI is InChI=1S/C18H15NO/c1-12-6-5-11-19-18(12)17-15(13(2)20)10-9-14-7-3-4-8-16(14)17/h3-11H,1-2H3. The van der Waals surface area contributed by atoms with Crippen molar-refractivity contribution in [2.75, 3.05) is 0 Å². The highest BCUT2D eigenvalue weighted by atomic mass is 16.1. The van der Waals surface area contributed by atoms with Crippen molar-refractivity contribution in [2.45, 2.75) is 13.8 Å². The van der Waals surface area contributed by atoms with Gasteiger partial charge in [0.2, 0.25) is 0 Å². The molecule has 20 heavy (non-hydrogen) atoms. The molecule has 0 N–H and O–H groups in total. The van der Waals surface area contributed by atoms with Gasteiger partial charge in [-0.15, -0.1) is 0 Å². The molecule has 0 saturated carbocycles. The zero-order chi connectivity index (χ0) is 14.1. The van der Waals surface area contributed by atoms with Crippen LogP contribution in [-0.2, 0) is 0 Å². The number of Topliss-reactive ketones (excluding diaryl/α,β-unsaturated/α-hetero) is 1. The first-order valence-electron chi connectivity index (χ1n) is 6.63. The van der Waals surface area contributed by atoms with Crippen molar-refractivity contribution >= 4 is 16.6 Å².